The van der Waals surface area contributed by atoms with E-state index < -0.39 is 12.1 Å². The van der Waals surface area contributed by atoms with E-state index in [2.05, 4.69) is 4.98 Å². The smallest absolute Gasteiger partial charge is 0.326 e. The second-order valence-electron chi connectivity index (χ2n) is 6.09. The Morgan fingerprint density at radius 3 is 2.07 bits per heavy atom. The topological polar surface area (TPSA) is 59.5 Å². The number of benzene rings is 2. The van der Waals surface area contributed by atoms with Crippen molar-refractivity contribution in [3.8, 4) is 0 Å². The molecule has 0 fully saturated rings. The number of rotatable bonds is 6. The molecule has 0 aliphatic rings. The van der Waals surface area contributed by atoms with Gasteiger partial charge in [-0.1, -0.05) is 48.5 Å². The van der Waals surface area contributed by atoms with E-state index in [0.717, 1.165) is 11.1 Å². The number of hydrogen-bond acceptors (Lipinski definition) is 4. The molecule has 1 aromatic heterocycles. The minimum atomic E-state index is -0.554. The second-order valence-corrected chi connectivity index (χ2v) is 6.09. The lowest BCUT2D eigenvalue weighted by Gasteiger charge is -2.21. The molecule has 0 bridgehead atoms. The van der Waals surface area contributed by atoms with Crippen LogP contribution in [-0.2, 0) is 9.53 Å². The monoisotopic (exact) mass is 360 g/mol. The van der Waals surface area contributed by atoms with E-state index in [1.54, 1.807) is 43.7 Å². The van der Waals surface area contributed by atoms with Gasteiger partial charge in [-0.25, -0.2) is 0 Å². The third kappa shape index (κ3) is 4.79. The Kier molecular flexibility index (Phi) is 5.94. The number of ether oxygens (including phenoxy) is 1. The van der Waals surface area contributed by atoms with Crippen molar-refractivity contribution in [1.82, 2.24) is 9.88 Å². The zero-order valence-corrected chi connectivity index (χ0v) is 15.0. The van der Waals surface area contributed by atoms with Gasteiger partial charge in [0.25, 0.3) is 5.91 Å². The zero-order chi connectivity index (χ0) is 19.1. The Labute approximate surface area is 158 Å². The third-order valence-electron chi connectivity index (χ3n) is 4.09. The first kappa shape index (κ1) is 18.3. The first-order valence-corrected chi connectivity index (χ1v) is 8.60. The Bertz CT molecular complexity index is 844. The summed E-state index contributed by atoms with van der Waals surface area (Å²) in [6.07, 6.45) is 2.76. The normalized spacial score (nSPS) is 11.4. The standard InChI is InChI=1S/C22H20N2O3/c1-24(22(26)19-10-6-3-7-11-19)16-20(25)27-21(17-8-4-2-5-9-17)18-12-14-23-15-13-18/h2-15,21H,16H2,1H3. The molecule has 0 aliphatic heterocycles. The molecule has 0 saturated carbocycles. The molecule has 1 unspecified atom stereocenters. The minimum absolute atomic E-state index is 0.137. The van der Waals surface area contributed by atoms with Gasteiger partial charge in [0.2, 0.25) is 0 Å². The molecule has 1 heterocycles. The van der Waals surface area contributed by atoms with Crippen LogP contribution >= 0.6 is 0 Å². The van der Waals surface area contributed by atoms with Crippen LogP contribution in [-0.4, -0.2) is 35.4 Å². The van der Waals surface area contributed by atoms with Gasteiger partial charge < -0.3 is 9.64 Å². The number of esters is 1. The number of amides is 1. The summed E-state index contributed by atoms with van der Waals surface area (Å²) in [6, 6.07) is 21.9. The molecule has 0 saturated heterocycles. The molecule has 0 spiro atoms. The molecule has 2 aromatic carbocycles. The van der Waals surface area contributed by atoms with Gasteiger partial charge in [0, 0.05) is 30.6 Å². The van der Waals surface area contributed by atoms with Gasteiger partial charge in [-0.2, -0.15) is 0 Å². The summed E-state index contributed by atoms with van der Waals surface area (Å²) in [4.78, 5) is 30.3. The van der Waals surface area contributed by atoms with E-state index in [0.29, 0.717) is 5.56 Å². The van der Waals surface area contributed by atoms with E-state index in [4.69, 9.17) is 4.74 Å². The molecule has 1 amide bonds. The van der Waals surface area contributed by atoms with Crippen LogP contribution in [0, 0.1) is 0 Å². The molecule has 136 valence electrons. The van der Waals surface area contributed by atoms with Gasteiger partial charge >= 0.3 is 5.97 Å². The van der Waals surface area contributed by atoms with Crippen LogP contribution in [0.1, 0.15) is 27.6 Å². The number of nitrogens with zero attached hydrogens (tertiary/aromatic N) is 2. The molecule has 0 aliphatic carbocycles. The van der Waals surface area contributed by atoms with Gasteiger partial charge in [0.1, 0.15) is 6.54 Å². The third-order valence-corrected chi connectivity index (χ3v) is 4.09. The highest BCUT2D eigenvalue weighted by Crippen LogP contribution is 2.25. The van der Waals surface area contributed by atoms with Crippen molar-refractivity contribution in [2.24, 2.45) is 0 Å². The number of carbonyl (C=O) groups excluding carboxylic acids is 2. The molecule has 5 nitrogen and oxygen atoms in total. The van der Waals surface area contributed by atoms with Crippen molar-refractivity contribution >= 4 is 11.9 Å². The maximum absolute atomic E-state index is 12.5. The Hall–Kier alpha value is -3.47. The van der Waals surface area contributed by atoms with Crippen LogP contribution in [0.15, 0.2) is 85.2 Å². The first-order valence-electron chi connectivity index (χ1n) is 8.60. The van der Waals surface area contributed by atoms with Crippen molar-refractivity contribution in [3.05, 3.63) is 102 Å². The fourth-order valence-electron chi connectivity index (χ4n) is 2.73. The van der Waals surface area contributed by atoms with Crippen molar-refractivity contribution in [1.29, 1.82) is 0 Å². The SMILES string of the molecule is CN(CC(=O)OC(c1ccccc1)c1ccncc1)C(=O)c1ccccc1. The van der Waals surface area contributed by atoms with Crippen LogP contribution < -0.4 is 0 Å². The number of hydrogen-bond donors (Lipinski definition) is 0. The van der Waals surface area contributed by atoms with Crippen LogP contribution in [0.25, 0.3) is 0 Å². The number of carbonyl (C=O) groups is 2. The summed E-state index contributed by atoms with van der Waals surface area (Å²) < 4.78 is 5.72. The van der Waals surface area contributed by atoms with Crippen molar-refractivity contribution in [2.75, 3.05) is 13.6 Å². The molecule has 5 heteroatoms. The van der Waals surface area contributed by atoms with Crippen molar-refractivity contribution in [3.63, 3.8) is 0 Å². The molecular formula is C22H20N2O3. The average molecular weight is 360 g/mol. The summed E-state index contributed by atoms with van der Waals surface area (Å²) in [5, 5.41) is 0. The van der Waals surface area contributed by atoms with E-state index >= 15 is 0 Å². The average Bonchev–Trinajstić information content (AvgIpc) is 2.73. The maximum atomic E-state index is 12.5. The first-order chi connectivity index (χ1) is 13.1. The van der Waals surface area contributed by atoms with Gasteiger partial charge in [0.15, 0.2) is 6.10 Å². The molecule has 3 rings (SSSR count). The zero-order valence-electron chi connectivity index (χ0n) is 15.0. The fourth-order valence-corrected chi connectivity index (χ4v) is 2.73. The summed E-state index contributed by atoms with van der Waals surface area (Å²) in [7, 11) is 1.58. The molecule has 0 N–H and O–H groups in total. The lowest BCUT2D eigenvalue weighted by atomic mass is 10.0. The fraction of sp³-hybridized carbons (Fsp3) is 0.136. The van der Waals surface area contributed by atoms with E-state index in [-0.39, 0.29) is 12.5 Å². The Morgan fingerprint density at radius 1 is 0.889 bits per heavy atom. The highest BCUT2D eigenvalue weighted by Gasteiger charge is 2.21. The molecule has 3 aromatic rings. The van der Waals surface area contributed by atoms with Crippen molar-refractivity contribution < 1.29 is 14.3 Å². The summed E-state index contributed by atoms with van der Waals surface area (Å²) in [5.74, 6) is -0.708. The summed E-state index contributed by atoms with van der Waals surface area (Å²) in [5.41, 5.74) is 2.21. The summed E-state index contributed by atoms with van der Waals surface area (Å²) >= 11 is 0. The van der Waals surface area contributed by atoms with Crippen molar-refractivity contribution in [2.45, 2.75) is 6.10 Å². The Morgan fingerprint density at radius 2 is 1.44 bits per heavy atom. The van der Waals surface area contributed by atoms with E-state index in [1.807, 2.05) is 48.5 Å². The molecular weight excluding hydrogens is 340 g/mol. The largest absolute Gasteiger partial charge is 0.451 e. The highest BCUT2D eigenvalue weighted by atomic mass is 16.5. The molecule has 1 atom stereocenters. The van der Waals surface area contributed by atoms with Gasteiger partial charge in [-0.15, -0.1) is 0 Å². The number of likely N-dealkylation sites (N-methyl/N-ethyl adjacent to an activating group) is 1. The Balaban J connectivity index is 1.72. The quantitative estimate of drug-likeness (QED) is 0.632. The number of aromatic nitrogens is 1. The molecule has 27 heavy (non-hydrogen) atoms. The van der Waals surface area contributed by atoms with Crippen LogP contribution in [0.3, 0.4) is 0 Å². The van der Waals surface area contributed by atoms with Gasteiger partial charge in [-0.3, -0.25) is 14.6 Å². The predicted molar refractivity (Wildman–Crippen MR) is 102 cm³/mol. The molecule has 0 radical (unpaired) electrons. The maximum Gasteiger partial charge on any atom is 0.326 e. The lowest BCUT2D eigenvalue weighted by molar-refractivity contribution is -0.148. The minimum Gasteiger partial charge on any atom is -0.451 e. The lowest BCUT2D eigenvalue weighted by Crippen LogP contribution is -2.33. The van der Waals surface area contributed by atoms with Crippen LogP contribution in [0.5, 0.6) is 0 Å². The van der Waals surface area contributed by atoms with E-state index in [1.165, 1.54) is 4.90 Å². The highest BCUT2D eigenvalue weighted by molar-refractivity contribution is 5.95. The summed E-state index contributed by atoms with van der Waals surface area (Å²) in [6.45, 7) is -0.137. The second kappa shape index (κ2) is 8.76. The predicted octanol–water partition coefficient (Wildman–Crippen LogP) is 3.49. The van der Waals surface area contributed by atoms with Crippen LogP contribution in [0.4, 0.5) is 0 Å². The van der Waals surface area contributed by atoms with Crippen LogP contribution in [0.2, 0.25) is 0 Å². The van der Waals surface area contributed by atoms with Gasteiger partial charge in [0.05, 0.1) is 0 Å². The van der Waals surface area contributed by atoms with Gasteiger partial charge in [-0.05, 0) is 29.8 Å². The van der Waals surface area contributed by atoms with E-state index in [9.17, 15) is 9.59 Å². The number of pyridine rings is 1.